The Morgan fingerprint density at radius 3 is 2.59 bits per heavy atom. The van der Waals surface area contributed by atoms with Crippen LogP contribution in [-0.2, 0) is 4.79 Å². The van der Waals surface area contributed by atoms with Crippen LogP contribution in [0.5, 0.6) is 0 Å². The predicted molar refractivity (Wildman–Crippen MR) is 69.5 cm³/mol. The Balaban J connectivity index is 1.76. The summed E-state index contributed by atoms with van der Waals surface area (Å²) in [6, 6.07) is 0.314. The van der Waals surface area contributed by atoms with Gasteiger partial charge in [0.15, 0.2) is 0 Å². The van der Waals surface area contributed by atoms with Crippen molar-refractivity contribution in [2.75, 3.05) is 13.1 Å². The zero-order valence-corrected chi connectivity index (χ0v) is 11.0. The molecule has 1 aliphatic carbocycles. The van der Waals surface area contributed by atoms with Crippen molar-refractivity contribution in [3.8, 4) is 0 Å². The lowest BCUT2D eigenvalue weighted by atomic mass is 9.80. The predicted octanol–water partition coefficient (Wildman–Crippen LogP) is 2.15. The minimum atomic E-state index is 0.314. The number of hydrogen-bond acceptors (Lipinski definition) is 2. The number of carbonyl (C=O) groups excluding carboxylic acids is 1. The summed E-state index contributed by atoms with van der Waals surface area (Å²) in [5.41, 5.74) is 5.86. The lowest BCUT2D eigenvalue weighted by Gasteiger charge is -2.33. The van der Waals surface area contributed by atoms with Gasteiger partial charge in [-0.3, -0.25) is 4.79 Å². The van der Waals surface area contributed by atoms with Crippen molar-refractivity contribution in [2.45, 2.75) is 57.9 Å². The molecular formula is C14H26N2O. The molecule has 0 aromatic heterocycles. The molecule has 0 bridgehead atoms. The van der Waals surface area contributed by atoms with Gasteiger partial charge in [-0.15, -0.1) is 0 Å². The fourth-order valence-electron chi connectivity index (χ4n) is 3.27. The van der Waals surface area contributed by atoms with Gasteiger partial charge in [-0.1, -0.05) is 19.8 Å². The molecule has 98 valence electrons. The number of piperidine rings is 1. The first-order valence-corrected chi connectivity index (χ1v) is 7.18. The molecule has 3 heteroatoms. The molecule has 1 heterocycles. The Morgan fingerprint density at radius 1 is 1.24 bits per heavy atom. The van der Waals surface area contributed by atoms with Crippen molar-refractivity contribution in [1.82, 2.24) is 4.90 Å². The third-order valence-electron chi connectivity index (χ3n) is 4.40. The van der Waals surface area contributed by atoms with E-state index < -0.39 is 0 Å². The van der Waals surface area contributed by atoms with E-state index in [-0.39, 0.29) is 0 Å². The van der Waals surface area contributed by atoms with E-state index in [1.165, 1.54) is 25.7 Å². The van der Waals surface area contributed by atoms with Gasteiger partial charge in [0.05, 0.1) is 0 Å². The lowest BCUT2D eigenvalue weighted by Crippen LogP contribution is -2.43. The minimum Gasteiger partial charge on any atom is -0.343 e. The van der Waals surface area contributed by atoms with E-state index >= 15 is 0 Å². The Labute approximate surface area is 105 Å². The van der Waals surface area contributed by atoms with Gasteiger partial charge < -0.3 is 10.6 Å². The van der Waals surface area contributed by atoms with E-state index in [1.807, 2.05) is 4.90 Å². The minimum absolute atomic E-state index is 0.314. The Morgan fingerprint density at radius 2 is 1.94 bits per heavy atom. The number of rotatable bonds is 2. The van der Waals surface area contributed by atoms with Gasteiger partial charge in [0.25, 0.3) is 0 Å². The van der Waals surface area contributed by atoms with Crippen LogP contribution in [0, 0.1) is 11.8 Å². The van der Waals surface area contributed by atoms with E-state index in [2.05, 4.69) is 6.92 Å². The highest BCUT2D eigenvalue weighted by Gasteiger charge is 2.25. The molecule has 2 unspecified atom stereocenters. The first-order valence-electron chi connectivity index (χ1n) is 7.18. The number of carbonyl (C=O) groups is 1. The van der Waals surface area contributed by atoms with Gasteiger partial charge in [-0.2, -0.15) is 0 Å². The normalized spacial score (nSPS) is 31.5. The largest absolute Gasteiger partial charge is 0.343 e. The van der Waals surface area contributed by atoms with Crippen molar-refractivity contribution in [3.63, 3.8) is 0 Å². The lowest BCUT2D eigenvalue weighted by molar-refractivity contribution is -0.133. The van der Waals surface area contributed by atoms with E-state index in [0.29, 0.717) is 17.9 Å². The van der Waals surface area contributed by atoms with Gasteiger partial charge in [0.2, 0.25) is 5.91 Å². The second-order valence-corrected chi connectivity index (χ2v) is 6.06. The first kappa shape index (κ1) is 12.9. The topological polar surface area (TPSA) is 46.3 Å². The van der Waals surface area contributed by atoms with Gasteiger partial charge in [-0.05, 0) is 37.5 Å². The average Bonchev–Trinajstić information content (AvgIpc) is 2.29. The van der Waals surface area contributed by atoms with Crippen molar-refractivity contribution in [3.05, 3.63) is 0 Å². The molecule has 2 rings (SSSR count). The molecule has 1 amide bonds. The Bertz CT molecular complexity index is 259. The van der Waals surface area contributed by atoms with Crippen LogP contribution in [0.4, 0.5) is 0 Å². The summed E-state index contributed by atoms with van der Waals surface area (Å²) < 4.78 is 0. The molecule has 1 aliphatic heterocycles. The van der Waals surface area contributed by atoms with E-state index in [1.54, 1.807) is 0 Å². The smallest absolute Gasteiger partial charge is 0.222 e. The molecule has 2 aliphatic rings. The van der Waals surface area contributed by atoms with E-state index in [0.717, 1.165) is 38.3 Å². The maximum atomic E-state index is 12.2. The summed E-state index contributed by atoms with van der Waals surface area (Å²) >= 11 is 0. The van der Waals surface area contributed by atoms with Gasteiger partial charge >= 0.3 is 0 Å². The fourth-order valence-corrected chi connectivity index (χ4v) is 3.27. The van der Waals surface area contributed by atoms with Crippen molar-refractivity contribution in [1.29, 1.82) is 0 Å². The van der Waals surface area contributed by atoms with Crippen LogP contribution in [0.25, 0.3) is 0 Å². The standard InChI is InChI=1S/C14H26N2O/c1-11-3-2-4-12(9-11)10-14(17)16-7-5-13(15)6-8-16/h11-13H,2-10,15H2,1H3. The third kappa shape index (κ3) is 3.70. The summed E-state index contributed by atoms with van der Waals surface area (Å²) in [7, 11) is 0. The number of amides is 1. The highest BCUT2D eigenvalue weighted by Crippen LogP contribution is 2.31. The van der Waals surface area contributed by atoms with Crippen molar-refractivity contribution in [2.24, 2.45) is 17.6 Å². The Hall–Kier alpha value is -0.570. The zero-order chi connectivity index (χ0) is 12.3. The van der Waals surface area contributed by atoms with E-state index in [4.69, 9.17) is 5.73 Å². The van der Waals surface area contributed by atoms with Crippen LogP contribution in [0.15, 0.2) is 0 Å². The summed E-state index contributed by atoms with van der Waals surface area (Å²) in [5, 5.41) is 0. The fraction of sp³-hybridized carbons (Fsp3) is 0.929. The van der Waals surface area contributed by atoms with E-state index in [9.17, 15) is 4.79 Å². The SMILES string of the molecule is CC1CCCC(CC(=O)N2CCC(N)CC2)C1. The van der Waals surface area contributed by atoms with Crippen LogP contribution in [-0.4, -0.2) is 29.9 Å². The zero-order valence-electron chi connectivity index (χ0n) is 11.0. The molecule has 0 radical (unpaired) electrons. The van der Waals surface area contributed by atoms with Crippen LogP contribution >= 0.6 is 0 Å². The number of nitrogens with zero attached hydrogens (tertiary/aromatic N) is 1. The molecule has 0 aromatic carbocycles. The maximum Gasteiger partial charge on any atom is 0.222 e. The molecule has 1 saturated carbocycles. The van der Waals surface area contributed by atoms with Crippen LogP contribution < -0.4 is 5.73 Å². The molecular weight excluding hydrogens is 212 g/mol. The highest BCUT2D eigenvalue weighted by atomic mass is 16.2. The molecule has 17 heavy (non-hydrogen) atoms. The summed E-state index contributed by atoms with van der Waals surface area (Å²) in [6.45, 7) is 4.07. The molecule has 0 spiro atoms. The summed E-state index contributed by atoms with van der Waals surface area (Å²) in [5.74, 6) is 1.83. The van der Waals surface area contributed by atoms with Gasteiger partial charge in [0.1, 0.15) is 0 Å². The summed E-state index contributed by atoms with van der Waals surface area (Å²) in [6.07, 6.45) is 7.90. The van der Waals surface area contributed by atoms with Crippen LogP contribution in [0.1, 0.15) is 51.9 Å². The number of hydrogen-bond donors (Lipinski definition) is 1. The number of nitrogens with two attached hydrogens (primary N) is 1. The molecule has 2 atom stereocenters. The van der Waals surface area contributed by atoms with Gasteiger partial charge in [0, 0.05) is 25.6 Å². The van der Waals surface area contributed by atoms with Gasteiger partial charge in [-0.25, -0.2) is 0 Å². The molecule has 2 N–H and O–H groups in total. The second kappa shape index (κ2) is 5.85. The summed E-state index contributed by atoms with van der Waals surface area (Å²) in [4.78, 5) is 14.2. The molecule has 0 aromatic rings. The van der Waals surface area contributed by atoms with Crippen molar-refractivity contribution >= 4 is 5.91 Å². The van der Waals surface area contributed by atoms with Crippen LogP contribution in [0.3, 0.4) is 0 Å². The monoisotopic (exact) mass is 238 g/mol. The maximum absolute atomic E-state index is 12.2. The first-order chi connectivity index (χ1) is 8.15. The van der Waals surface area contributed by atoms with Crippen LogP contribution in [0.2, 0.25) is 0 Å². The molecule has 3 nitrogen and oxygen atoms in total. The van der Waals surface area contributed by atoms with Crippen molar-refractivity contribution < 1.29 is 4.79 Å². The highest BCUT2D eigenvalue weighted by molar-refractivity contribution is 5.76. The Kier molecular flexibility index (Phi) is 4.43. The quantitative estimate of drug-likeness (QED) is 0.801. The second-order valence-electron chi connectivity index (χ2n) is 6.06. The third-order valence-corrected chi connectivity index (χ3v) is 4.40. The molecule has 2 fully saturated rings. The molecule has 1 saturated heterocycles. The average molecular weight is 238 g/mol. The number of likely N-dealkylation sites (tertiary alicyclic amines) is 1.